The Hall–Kier alpha value is -3.09. The van der Waals surface area contributed by atoms with Gasteiger partial charge in [0.2, 0.25) is 0 Å². The molecule has 0 saturated heterocycles. The maximum absolute atomic E-state index is 13.6. The van der Waals surface area contributed by atoms with Gasteiger partial charge in [-0.25, -0.2) is 18.1 Å². The van der Waals surface area contributed by atoms with Crippen molar-refractivity contribution in [1.29, 1.82) is 0 Å². The molecule has 7 heteroatoms. The smallest absolute Gasteiger partial charge is 0.281 e. The second-order valence-electron chi connectivity index (χ2n) is 5.21. The zero-order chi connectivity index (χ0) is 17.4. The van der Waals surface area contributed by atoms with Crippen LogP contribution in [0.5, 0.6) is 0 Å². The van der Waals surface area contributed by atoms with Gasteiger partial charge in [0.1, 0.15) is 23.1 Å². The molecule has 0 unspecified atom stereocenters. The topological polar surface area (TPSA) is 49.4 Å². The molecule has 0 fully saturated rings. The number of carbonyl (C=O) groups is 2. The van der Waals surface area contributed by atoms with Crippen LogP contribution in [0.25, 0.3) is 0 Å². The Morgan fingerprint density at radius 3 is 2.29 bits per heavy atom. The molecule has 0 atom stereocenters. The molecule has 24 heavy (non-hydrogen) atoms. The molecule has 0 spiro atoms. The minimum Gasteiger partial charge on any atom is -0.351 e. The van der Waals surface area contributed by atoms with Crippen molar-refractivity contribution >= 4 is 23.2 Å². The van der Waals surface area contributed by atoms with Gasteiger partial charge in [0, 0.05) is 17.3 Å². The summed E-state index contributed by atoms with van der Waals surface area (Å²) in [6.45, 7) is 1.28. The number of benzene rings is 2. The zero-order valence-corrected chi connectivity index (χ0v) is 12.4. The van der Waals surface area contributed by atoms with Gasteiger partial charge < -0.3 is 5.32 Å². The molecule has 1 heterocycles. The normalized spacial score (nSPS) is 14.2. The second kappa shape index (κ2) is 5.84. The van der Waals surface area contributed by atoms with Gasteiger partial charge in [-0.3, -0.25) is 9.59 Å². The van der Waals surface area contributed by atoms with Gasteiger partial charge in [0.05, 0.1) is 5.69 Å². The maximum atomic E-state index is 13.6. The average molecular weight is 332 g/mol. The zero-order valence-electron chi connectivity index (χ0n) is 12.4. The first-order chi connectivity index (χ1) is 11.4. The van der Waals surface area contributed by atoms with Crippen molar-refractivity contribution in [2.24, 2.45) is 0 Å². The standard InChI is InChI=1S/C17H11F3N2O2/c1-9-13(19)6-11(7-14(9)20)21-15-8-16(23)22(17(15)24)12-4-2-3-10(18)5-12/h2-8,21H,1H3. The summed E-state index contributed by atoms with van der Waals surface area (Å²) in [5.41, 5.74) is -0.250. The molecule has 1 aliphatic rings. The lowest BCUT2D eigenvalue weighted by molar-refractivity contribution is -0.120. The van der Waals surface area contributed by atoms with Gasteiger partial charge in [-0.15, -0.1) is 0 Å². The first-order valence-electron chi connectivity index (χ1n) is 6.95. The summed E-state index contributed by atoms with van der Waals surface area (Å²) >= 11 is 0. The number of hydrogen-bond donors (Lipinski definition) is 1. The molecular weight excluding hydrogens is 321 g/mol. The minimum atomic E-state index is -0.781. The molecule has 122 valence electrons. The highest BCUT2D eigenvalue weighted by Gasteiger charge is 2.32. The third kappa shape index (κ3) is 2.76. The number of anilines is 2. The van der Waals surface area contributed by atoms with Gasteiger partial charge >= 0.3 is 0 Å². The minimum absolute atomic E-state index is 0.0101. The van der Waals surface area contributed by atoms with Crippen molar-refractivity contribution in [2.75, 3.05) is 10.2 Å². The van der Waals surface area contributed by atoms with Crippen molar-refractivity contribution in [3.63, 3.8) is 0 Å². The maximum Gasteiger partial charge on any atom is 0.281 e. The van der Waals surface area contributed by atoms with E-state index in [2.05, 4.69) is 5.32 Å². The summed E-state index contributed by atoms with van der Waals surface area (Å²) in [5, 5.41) is 2.52. The lowest BCUT2D eigenvalue weighted by atomic mass is 10.2. The molecule has 1 N–H and O–H groups in total. The molecule has 2 aromatic rings. The first kappa shape index (κ1) is 15.8. The number of nitrogens with one attached hydrogen (secondary N) is 1. The van der Waals surface area contributed by atoms with E-state index in [0.717, 1.165) is 29.2 Å². The predicted molar refractivity (Wildman–Crippen MR) is 81.7 cm³/mol. The van der Waals surface area contributed by atoms with Crippen LogP contribution in [-0.4, -0.2) is 11.8 Å². The Labute approximate surface area is 135 Å². The van der Waals surface area contributed by atoms with Gasteiger partial charge in [-0.2, -0.15) is 0 Å². The lowest BCUT2D eigenvalue weighted by Crippen LogP contribution is -2.32. The van der Waals surface area contributed by atoms with Crippen LogP contribution in [0.2, 0.25) is 0 Å². The molecule has 0 aromatic heterocycles. The third-order valence-electron chi connectivity index (χ3n) is 3.55. The molecule has 0 saturated carbocycles. The van der Waals surface area contributed by atoms with Crippen molar-refractivity contribution in [3.8, 4) is 0 Å². The van der Waals surface area contributed by atoms with Crippen molar-refractivity contribution < 1.29 is 22.8 Å². The Bertz CT molecular complexity index is 870. The van der Waals surface area contributed by atoms with E-state index >= 15 is 0 Å². The molecule has 4 nitrogen and oxygen atoms in total. The quantitative estimate of drug-likeness (QED) is 0.878. The van der Waals surface area contributed by atoms with Crippen molar-refractivity contribution in [3.05, 3.63) is 71.2 Å². The van der Waals surface area contributed by atoms with Crippen LogP contribution in [0.15, 0.2) is 48.2 Å². The Kier molecular flexibility index (Phi) is 3.84. The number of rotatable bonds is 3. The molecule has 2 amide bonds. The fourth-order valence-corrected chi connectivity index (χ4v) is 2.29. The summed E-state index contributed by atoms with van der Waals surface area (Å²) in [6, 6.07) is 7.02. The van der Waals surface area contributed by atoms with Crippen LogP contribution in [0.1, 0.15) is 5.56 Å². The molecule has 0 radical (unpaired) electrons. The van der Waals surface area contributed by atoms with Gasteiger partial charge in [-0.05, 0) is 37.3 Å². The number of carbonyl (C=O) groups excluding carboxylic acids is 2. The largest absolute Gasteiger partial charge is 0.351 e. The number of nitrogens with zero attached hydrogens (tertiary/aromatic N) is 1. The Morgan fingerprint density at radius 1 is 1.00 bits per heavy atom. The number of halogens is 3. The first-order valence-corrected chi connectivity index (χ1v) is 6.95. The molecular formula is C17H11F3N2O2. The predicted octanol–water partition coefficient (Wildman–Crippen LogP) is 3.28. The summed E-state index contributed by atoms with van der Waals surface area (Å²) in [4.78, 5) is 25.1. The van der Waals surface area contributed by atoms with E-state index in [1.807, 2.05) is 0 Å². The van der Waals surface area contributed by atoms with E-state index in [1.165, 1.54) is 25.1 Å². The summed E-state index contributed by atoms with van der Waals surface area (Å²) < 4.78 is 40.4. The van der Waals surface area contributed by atoms with Crippen LogP contribution in [0, 0.1) is 24.4 Å². The highest BCUT2D eigenvalue weighted by Crippen LogP contribution is 2.25. The average Bonchev–Trinajstić information content (AvgIpc) is 2.79. The fourth-order valence-electron chi connectivity index (χ4n) is 2.29. The van der Waals surface area contributed by atoms with E-state index in [4.69, 9.17) is 0 Å². The van der Waals surface area contributed by atoms with Crippen LogP contribution in [0.4, 0.5) is 24.5 Å². The van der Waals surface area contributed by atoms with Crippen molar-refractivity contribution in [2.45, 2.75) is 6.92 Å². The van der Waals surface area contributed by atoms with E-state index in [9.17, 15) is 22.8 Å². The summed E-state index contributed by atoms with van der Waals surface area (Å²) in [5.74, 6) is -3.58. The second-order valence-corrected chi connectivity index (χ2v) is 5.21. The van der Waals surface area contributed by atoms with Gasteiger partial charge in [-0.1, -0.05) is 6.07 Å². The fraction of sp³-hybridized carbons (Fsp3) is 0.0588. The highest BCUT2D eigenvalue weighted by molar-refractivity contribution is 6.31. The van der Waals surface area contributed by atoms with E-state index in [-0.39, 0.29) is 22.6 Å². The molecule has 0 bridgehead atoms. The van der Waals surface area contributed by atoms with E-state index in [1.54, 1.807) is 0 Å². The third-order valence-corrected chi connectivity index (χ3v) is 3.55. The monoisotopic (exact) mass is 332 g/mol. The molecule has 1 aliphatic heterocycles. The summed E-state index contributed by atoms with van der Waals surface area (Å²) in [6.07, 6.45) is 0.989. The van der Waals surface area contributed by atoms with Crippen LogP contribution >= 0.6 is 0 Å². The van der Waals surface area contributed by atoms with E-state index in [0.29, 0.717) is 0 Å². The van der Waals surface area contributed by atoms with Crippen LogP contribution in [0.3, 0.4) is 0 Å². The summed E-state index contributed by atoms with van der Waals surface area (Å²) in [7, 11) is 0. The SMILES string of the molecule is Cc1c(F)cc(NC2=CC(=O)N(c3cccc(F)c3)C2=O)cc1F. The Morgan fingerprint density at radius 2 is 1.67 bits per heavy atom. The molecule has 3 rings (SSSR count). The lowest BCUT2D eigenvalue weighted by Gasteiger charge is -2.15. The van der Waals surface area contributed by atoms with Crippen LogP contribution in [-0.2, 0) is 9.59 Å². The van der Waals surface area contributed by atoms with Crippen LogP contribution < -0.4 is 10.2 Å². The number of amides is 2. The highest BCUT2D eigenvalue weighted by atomic mass is 19.1. The van der Waals surface area contributed by atoms with Crippen molar-refractivity contribution in [1.82, 2.24) is 0 Å². The molecule has 2 aromatic carbocycles. The molecule has 0 aliphatic carbocycles. The van der Waals surface area contributed by atoms with E-state index < -0.39 is 29.3 Å². The van der Waals surface area contributed by atoms with Gasteiger partial charge in [0.15, 0.2) is 0 Å². The number of hydrogen-bond acceptors (Lipinski definition) is 3. The van der Waals surface area contributed by atoms with Gasteiger partial charge in [0.25, 0.3) is 11.8 Å². The number of imide groups is 1. The Balaban J connectivity index is 1.88.